The predicted molar refractivity (Wildman–Crippen MR) is 144 cm³/mol. The number of ether oxygens (including phenoxy) is 3. The summed E-state index contributed by atoms with van der Waals surface area (Å²) in [4.78, 5) is 34.3. The van der Waals surface area contributed by atoms with Gasteiger partial charge in [0.1, 0.15) is 0 Å². The van der Waals surface area contributed by atoms with Crippen LogP contribution < -0.4 is 16.4 Å². The molecule has 2 aromatic rings. The number of carbonyl (C=O) groups is 2. The maximum atomic E-state index is 13.2. The van der Waals surface area contributed by atoms with Crippen LogP contribution in [0, 0.1) is 0 Å². The number of nitrogens with one attached hydrogen (secondary N) is 2. The smallest absolute Gasteiger partial charge is 0.336 e. The summed E-state index contributed by atoms with van der Waals surface area (Å²) in [5.74, 6) is -1.93. The minimum absolute atomic E-state index is 0.00393. The van der Waals surface area contributed by atoms with Crippen LogP contribution in [0.3, 0.4) is 0 Å². The lowest BCUT2D eigenvalue weighted by Gasteiger charge is -2.31. The number of esters is 2. The van der Waals surface area contributed by atoms with E-state index >= 15 is 0 Å². The van der Waals surface area contributed by atoms with Crippen molar-refractivity contribution < 1.29 is 23.8 Å². The Bertz CT molecular complexity index is 1230. The van der Waals surface area contributed by atoms with Crippen LogP contribution >= 0.6 is 34.5 Å². The Kier molecular flexibility index (Phi) is 10.3. The fourth-order valence-electron chi connectivity index (χ4n) is 3.73. The van der Waals surface area contributed by atoms with Crippen molar-refractivity contribution in [2.24, 2.45) is 10.7 Å². The Morgan fingerprint density at radius 3 is 2.73 bits per heavy atom. The minimum Gasteiger partial charge on any atom is -0.466 e. The van der Waals surface area contributed by atoms with Crippen molar-refractivity contribution in [3.05, 3.63) is 67.9 Å². The topological polar surface area (TPSA) is 137 Å². The van der Waals surface area contributed by atoms with Crippen LogP contribution in [0.1, 0.15) is 25.3 Å². The molecule has 0 radical (unpaired) electrons. The Hall–Kier alpha value is -3.12. The van der Waals surface area contributed by atoms with E-state index in [-0.39, 0.29) is 53.5 Å². The number of thiazole rings is 1. The number of allylic oxidation sites excluding steroid dienone is 1. The zero-order valence-corrected chi connectivity index (χ0v) is 22.8. The van der Waals surface area contributed by atoms with E-state index in [4.69, 9.17) is 43.1 Å². The van der Waals surface area contributed by atoms with Crippen molar-refractivity contribution in [2.45, 2.75) is 19.8 Å². The van der Waals surface area contributed by atoms with Gasteiger partial charge in [-0.2, -0.15) is 0 Å². The number of methoxy groups -OCH3 is 1. The lowest BCUT2D eigenvalue weighted by Crippen LogP contribution is -2.35. The fraction of sp³-hybridized carbons (Fsp3) is 0.333. The predicted octanol–water partition coefficient (Wildman–Crippen LogP) is 3.84. The molecule has 10 nitrogen and oxygen atoms in total. The van der Waals surface area contributed by atoms with Gasteiger partial charge in [-0.25, -0.2) is 14.6 Å². The highest BCUT2D eigenvalue weighted by atomic mass is 35.5. The normalized spacial score (nSPS) is 15.9. The first-order valence-corrected chi connectivity index (χ1v) is 12.9. The van der Waals surface area contributed by atoms with Gasteiger partial charge in [0.15, 0.2) is 11.1 Å². The molecular formula is C24H27Cl2N5O5S. The first-order chi connectivity index (χ1) is 17.8. The molecule has 0 amide bonds. The van der Waals surface area contributed by atoms with Crippen molar-refractivity contribution >= 4 is 57.6 Å². The van der Waals surface area contributed by atoms with Crippen LogP contribution in [0.15, 0.2) is 57.3 Å². The molecular weight excluding hydrogens is 541 g/mol. The van der Waals surface area contributed by atoms with Crippen molar-refractivity contribution in [2.75, 3.05) is 38.8 Å². The van der Waals surface area contributed by atoms with E-state index in [0.717, 1.165) is 0 Å². The largest absolute Gasteiger partial charge is 0.466 e. The summed E-state index contributed by atoms with van der Waals surface area (Å²) < 4.78 is 16.2. The van der Waals surface area contributed by atoms with Crippen molar-refractivity contribution in [1.29, 1.82) is 0 Å². The molecule has 0 saturated carbocycles. The van der Waals surface area contributed by atoms with Gasteiger partial charge >= 0.3 is 11.9 Å². The number of carbonyl (C=O) groups excluding carboxylic acids is 2. The fourth-order valence-corrected chi connectivity index (χ4v) is 4.69. The van der Waals surface area contributed by atoms with E-state index in [1.54, 1.807) is 38.2 Å². The molecule has 1 aromatic carbocycles. The quantitative estimate of drug-likeness (QED) is 0.169. The number of dihydropyridines is 1. The highest BCUT2D eigenvalue weighted by Crippen LogP contribution is 2.43. The number of anilines is 1. The van der Waals surface area contributed by atoms with Gasteiger partial charge in [-0.3, -0.25) is 4.99 Å². The first kappa shape index (κ1) is 28.5. The second-order valence-electron chi connectivity index (χ2n) is 7.63. The van der Waals surface area contributed by atoms with E-state index in [9.17, 15) is 9.59 Å². The van der Waals surface area contributed by atoms with E-state index in [0.29, 0.717) is 22.1 Å². The summed E-state index contributed by atoms with van der Waals surface area (Å²) in [5.41, 5.74) is 7.61. The molecule has 4 N–H and O–H groups in total. The van der Waals surface area contributed by atoms with Gasteiger partial charge in [0.05, 0.1) is 66.3 Å². The number of guanidine groups is 1. The number of nitrogens with two attached hydrogens (primary N) is 1. The number of aromatic nitrogens is 1. The Labute approximate surface area is 228 Å². The molecule has 1 aliphatic rings. The lowest BCUT2D eigenvalue weighted by atomic mass is 9.80. The average Bonchev–Trinajstić information content (AvgIpc) is 3.37. The molecule has 0 spiro atoms. The van der Waals surface area contributed by atoms with Gasteiger partial charge in [-0.05, 0) is 25.5 Å². The van der Waals surface area contributed by atoms with Gasteiger partial charge < -0.3 is 30.6 Å². The summed E-state index contributed by atoms with van der Waals surface area (Å²) in [7, 11) is 1.27. The molecule has 1 aliphatic heterocycles. The molecule has 0 aliphatic carbocycles. The number of halogens is 2. The zero-order chi connectivity index (χ0) is 26.9. The maximum absolute atomic E-state index is 13.2. The number of hydrogen-bond donors (Lipinski definition) is 3. The van der Waals surface area contributed by atoms with E-state index in [1.165, 1.54) is 18.4 Å². The minimum atomic E-state index is -0.895. The number of aliphatic imine (C=N–C) groups is 1. The summed E-state index contributed by atoms with van der Waals surface area (Å²) >= 11 is 14.2. The first-order valence-electron chi connectivity index (χ1n) is 11.2. The SMILES string of the molecule is CCOC(=O)C1=C(COCCN=C(N)Nc2nccs2)NC(C)=C(C(=O)OC)C1c1cccc(Cl)c1Cl. The lowest BCUT2D eigenvalue weighted by molar-refractivity contribution is -0.139. The van der Waals surface area contributed by atoms with Crippen LogP contribution in [-0.2, 0) is 23.8 Å². The van der Waals surface area contributed by atoms with Crippen molar-refractivity contribution in [1.82, 2.24) is 10.3 Å². The molecule has 3 rings (SSSR count). The highest BCUT2D eigenvalue weighted by molar-refractivity contribution is 7.13. The van der Waals surface area contributed by atoms with E-state index < -0.39 is 17.9 Å². The summed E-state index contributed by atoms with van der Waals surface area (Å²) in [6.45, 7) is 3.99. The van der Waals surface area contributed by atoms with Gasteiger partial charge in [-0.1, -0.05) is 35.3 Å². The molecule has 198 valence electrons. The second kappa shape index (κ2) is 13.4. The van der Waals surface area contributed by atoms with Crippen molar-refractivity contribution in [3.8, 4) is 0 Å². The van der Waals surface area contributed by atoms with E-state index in [1.807, 2.05) is 5.38 Å². The Morgan fingerprint density at radius 2 is 2.05 bits per heavy atom. The van der Waals surface area contributed by atoms with Gasteiger partial charge in [0.25, 0.3) is 0 Å². The number of nitrogens with zero attached hydrogens (tertiary/aromatic N) is 2. The summed E-state index contributed by atoms with van der Waals surface area (Å²) in [5, 5.41) is 8.93. The van der Waals surface area contributed by atoms with Gasteiger partial charge in [-0.15, -0.1) is 11.3 Å². The second-order valence-corrected chi connectivity index (χ2v) is 9.31. The molecule has 0 saturated heterocycles. The third kappa shape index (κ3) is 7.01. The summed E-state index contributed by atoms with van der Waals surface area (Å²) in [6, 6.07) is 5.01. The van der Waals surface area contributed by atoms with Crippen LogP contribution in [0.4, 0.5) is 5.13 Å². The molecule has 37 heavy (non-hydrogen) atoms. The Morgan fingerprint density at radius 1 is 1.27 bits per heavy atom. The molecule has 13 heteroatoms. The summed E-state index contributed by atoms with van der Waals surface area (Å²) in [6.07, 6.45) is 1.65. The third-order valence-corrected chi connectivity index (χ3v) is 6.79. The van der Waals surface area contributed by atoms with Gasteiger partial charge in [0, 0.05) is 17.3 Å². The van der Waals surface area contributed by atoms with Crippen LogP contribution in [-0.4, -0.2) is 56.4 Å². The molecule has 0 bridgehead atoms. The van der Waals surface area contributed by atoms with E-state index in [2.05, 4.69) is 20.6 Å². The van der Waals surface area contributed by atoms with Crippen LogP contribution in [0.2, 0.25) is 10.0 Å². The highest BCUT2D eigenvalue weighted by Gasteiger charge is 2.40. The van der Waals surface area contributed by atoms with Crippen LogP contribution in [0.5, 0.6) is 0 Å². The monoisotopic (exact) mass is 567 g/mol. The molecule has 1 atom stereocenters. The third-order valence-electron chi connectivity index (χ3n) is 5.27. The van der Waals surface area contributed by atoms with Gasteiger partial charge in [0.2, 0.25) is 0 Å². The molecule has 2 heterocycles. The van der Waals surface area contributed by atoms with Crippen molar-refractivity contribution in [3.63, 3.8) is 0 Å². The number of rotatable bonds is 10. The molecule has 1 aromatic heterocycles. The number of benzene rings is 1. The number of hydrogen-bond acceptors (Lipinski definition) is 9. The zero-order valence-electron chi connectivity index (χ0n) is 20.5. The standard InChI is InChI=1S/C24H27Cl2N5O5S/c1-4-36-22(33)19-16(12-35-10-8-28-23(27)31-24-29-9-11-37-24)30-13(2)17(21(32)34-3)18(19)14-6-5-7-15(25)20(14)26/h5-7,9,11,18,30H,4,8,10,12H2,1-3H3,(H3,27,28,29,31). The maximum Gasteiger partial charge on any atom is 0.336 e. The molecule has 0 fully saturated rings. The molecule has 1 unspecified atom stereocenters. The van der Waals surface area contributed by atoms with Crippen LogP contribution in [0.25, 0.3) is 0 Å². The Balaban J connectivity index is 1.89. The average molecular weight is 568 g/mol.